The number of nitrogens with zero attached hydrogens (tertiary/aromatic N) is 1. The number of benzene rings is 1. The zero-order valence-corrected chi connectivity index (χ0v) is 11.3. The first-order chi connectivity index (χ1) is 9.63. The molecule has 1 aliphatic heterocycles. The van der Waals surface area contributed by atoms with Gasteiger partial charge in [0.25, 0.3) is 0 Å². The summed E-state index contributed by atoms with van der Waals surface area (Å²) in [5.41, 5.74) is 0.856. The Balaban J connectivity index is 1.97. The van der Waals surface area contributed by atoms with E-state index in [9.17, 15) is 9.59 Å². The normalized spacial score (nSPS) is 17.9. The molecule has 1 aromatic rings. The second-order valence-corrected chi connectivity index (χ2v) is 4.66. The van der Waals surface area contributed by atoms with Gasteiger partial charge in [-0.05, 0) is 18.9 Å². The Hall–Kier alpha value is -2.24. The van der Waals surface area contributed by atoms with Crippen LogP contribution in [-0.4, -0.2) is 41.7 Å². The van der Waals surface area contributed by atoms with Crippen molar-refractivity contribution < 1.29 is 19.4 Å². The van der Waals surface area contributed by atoms with Crippen LogP contribution in [0.5, 0.6) is 5.75 Å². The maximum Gasteiger partial charge on any atom is 0.326 e. The zero-order chi connectivity index (χ0) is 14.5. The molecule has 20 heavy (non-hydrogen) atoms. The van der Waals surface area contributed by atoms with Crippen molar-refractivity contribution in [1.82, 2.24) is 10.2 Å². The molecule has 1 aliphatic rings. The highest BCUT2D eigenvalue weighted by Gasteiger charge is 2.33. The molecule has 2 N–H and O–H groups in total. The number of hydrogen-bond acceptors (Lipinski definition) is 3. The summed E-state index contributed by atoms with van der Waals surface area (Å²) in [6.07, 6.45) is 1.23. The molecule has 1 unspecified atom stereocenters. The van der Waals surface area contributed by atoms with E-state index in [0.29, 0.717) is 25.3 Å². The van der Waals surface area contributed by atoms with Crippen molar-refractivity contribution in [3.8, 4) is 5.75 Å². The fraction of sp³-hybridized carbons (Fsp3) is 0.429. The van der Waals surface area contributed by atoms with Gasteiger partial charge in [-0.15, -0.1) is 0 Å². The summed E-state index contributed by atoms with van der Waals surface area (Å²) < 4.78 is 5.20. The molecular weight excluding hydrogens is 260 g/mol. The third-order valence-corrected chi connectivity index (χ3v) is 3.42. The Morgan fingerprint density at radius 2 is 2.20 bits per heavy atom. The van der Waals surface area contributed by atoms with Crippen molar-refractivity contribution in [2.75, 3.05) is 13.7 Å². The summed E-state index contributed by atoms with van der Waals surface area (Å²) in [7, 11) is 1.57. The van der Waals surface area contributed by atoms with Crippen LogP contribution in [0.1, 0.15) is 18.4 Å². The third-order valence-electron chi connectivity index (χ3n) is 3.42. The molecule has 1 aromatic carbocycles. The van der Waals surface area contributed by atoms with Crippen LogP contribution in [0.3, 0.4) is 0 Å². The molecule has 1 saturated heterocycles. The van der Waals surface area contributed by atoms with Crippen LogP contribution < -0.4 is 10.1 Å². The molecule has 1 fully saturated rings. The highest BCUT2D eigenvalue weighted by Crippen LogP contribution is 2.19. The molecule has 1 heterocycles. The maximum atomic E-state index is 12.0. The fourth-order valence-electron chi connectivity index (χ4n) is 2.39. The number of hydrogen-bond donors (Lipinski definition) is 2. The van der Waals surface area contributed by atoms with Gasteiger partial charge in [-0.25, -0.2) is 9.59 Å². The van der Waals surface area contributed by atoms with Gasteiger partial charge >= 0.3 is 12.0 Å². The van der Waals surface area contributed by atoms with Crippen molar-refractivity contribution in [2.24, 2.45) is 0 Å². The third kappa shape index (κ3) is 3.01. The molecule has 0 bridgehead atoms. The first-order valence-corrected chi connectivity index (χ1v) is 6.52. The number of nitrogens with one attached hydrogen (secondary N) is 1. The highest BCUT2D eigenvalue weighted by molar-refractivity contribution is 5.83. The second kappa shape index (κ2) is 6.27. The van der Waals surface area contributed by atoms with Crippen molar-refractivity contribution in [2.45, 2.75) is 25.4 Å². The number of carbonyl (C=O) groups is 2. The highest BCUT2D eigenvalue weighted by atomic mass is 16.5. The standard InChI is InChI=1S/C14H18N2O4/c1-20-12-7-3-2-5-10(12)9-15-14(19)16-8-4-6-11(16)13(17)18/h2-3,5,7,11H,4,6,8-9H2,1H3,(H,15,19)(H,17,18). The van der Waals surface area contributed by atoms with Crippen molar-refractivity contribution in [3.05, 3.63) is 29.8 Å². The predicted octanol–water partition coefficient (Wildman–Crippen LogP) is 1.45. The Bertz CT molecular complexity index is 504. The van der Waals surface area contributed by atoms with Gasteiger partial charge in [0.15, 0.2) is 0 Å². The van der Waals surface area contributed by atoms with E-state index in [0.717, 1.165) is 12.0 Å². The van der Waals surface area contributed by atoms with Gasteiger partial charge in [0.2, 0.25) is 0 Å². The molecule has 0 spiro atoms. The number of ether oxygens (including phenoxy) is 1. The van der Waals surface area contributed by atoms with Crippen LogP contribution >= 0.6 is 0 Å². The summed E-state index contributed by atoms with van der Waals surface area (Å²) in [4.78, 5) is 24.5. The average molecular weight is 278 g/mol. The van der Waals surface area contributed by atoms with Gasteiger partial charge in [0.1, 0.15) is 11.8 Å². The maximum absolute atomic E-state index is 12.0. The zero-order valence-electron chi connectivity index (χ0n) is 11.3. The van der Waals surface area contributed by atoms with Crippen LogP contribution in [0.25, 0.3) is 0 Å². The van der Waals surface area contributed by atoms with Gasteiger partial charge in [0.05, 0.1) is 7.11 Å². The van der Waals surface area contributed by atoms with E-state index in [1.807, 2.05) is 24.3 Å². The largest absolute Gasteiger partial charge is 0.496 e. The summed E-state index contributed by atoms with van der Waals surface area (Å²) >= 11 is 0. The Morgan fingerprint density at radius 1 is 1.45 bits per heavy atom. The van der Waals surface area contributed by atoms with Crippen LogP contribution in [0.15, 0.2) is 24.3 Å². The lowest BCUT2D eigenvalue weighted by atomic mass is 10.2. The van der Waals surface area contributed by atoms with Gasteiger partial charge in [-0.3, -0.25) is 0 Å². The SMILES string of the molecule is COc1ccccc1CNC(=O)N1CCCC1C(=O)O. The molecule has 0 saturated carbocycles. The molecule has 2 amide bonds. The van der Waals surface area contributed by atoms with Gasteiger partial charge in [-0.1, -0.05) is 18.2 Å². The lowest BCUT2D eigenvalue weighted by Crippen LogP contribution is -2.45. The summed E-state index contributed by atoms with van der Waals surface area (Å²) in [5, 5.41) is 11.8. The van der Waals surface area contributed by atoms with E-state index >= 15 is 0 Å². The smallest absolute Gasteiger partial charge is 0.326 e. The molecule has 0 aromatic heterocycles. The number of rotatable bonds is 4. The van der Waals surface area contributed by atoms with E-state index in [1.165, 1.54) is 4.90 Å². The van der Waals surface area contributed by atoms with Gasteiger partial charge in [-0.2, -0.15) is 0 Å². The number of carboxylic acids is 1. The molecule has 6 nitrogen and oxygen atoms in total. The van der Waals surface area contributed by atoms with Gasteiger partial charge < -0.3 is 20.1 Å². The minimum atomic E-state index is -0.949. The van der Waals surface area contributed by atoms with Crippen molar-refractivity contribution in [1.29, 1.82) is 0 Å². The van der Waals surface area contributed by atoms with Gasteiger partial charge in [0, 0.05) is 18.7 Å². The number of carboxylic acid groups (broad SMARTS) is 1. The summed E-state index contributed by atoms with van der Waals surface area (Å²) in [5.74, 6) is -0.251. The number of para-hydroxylation sites is 1. The molecule has 2 rings (SSSR count). The van der Waals surface area contributed by atoms with Crippen LogP contribution in [0.2, 0.25) is 0 Å². The molecule has 1 atom stereocenters. The minimum Gasteiger partial charge on any atom is -0.496 e. The first kappa shape index (κ1) is 14.2. The Morgan fingerprint density at radius 3 is 2.90 bits per heavy atom. The van der Waals surface area contributed by atoms with Crippen LogP contribution in [0.4, 0.5) is 4.79 Å². The predicted molar refractivity (Wildman–Crippen MR) is 72.6 cm³/mol. The molecule has 0 radical (unpaired) electrons. The van der Waals surface area contributed by atoms with E-state index in [1.54, 1.807) is 7.11 Å². The monoisotopic (exact) mass is 278 g/mol. The number of aliphatic carboxylic acids is 1. The number of likely N-dealkylation sites (tertiary alicyclic amines) is 1. The second-order valence-electron chi connectivity index (χ2n) is 4.66. The lowest BCUT2D eigenvalue weighted by molar-refractivity contribution is -0.141. The molecule has 0 aliphatic carbocycles. The minimum absolute atomic E-state index is 0.311. The molecule has 6 heteroatoms. The lowest BCUT2D eigenvalue weighted by Gasteiger charge is -2.22. The fourth-order valence-corrected chi connectivity index (χ4v) is 2.39. The van der Waals surface area contributed by atoms with E-state index in [2.05, 4.69) is 5.32 Å². The molecule has 108 valence electrons. The topological polar surface area (TPSA) is 78.9 Å². The number of urea groups is 1. The van der Waals surface area contributed by atoms with Crippen molar-refractivity contribution >= 4 is 12.0 Å². The average Bonchev–Trinajstić information content (AvgIpc) is 2.94. The van der Waals surface area contributed by atoms with E-state index in [-0.39, 0.29) is 6.03 Å². The number of amides is 2. The number of methoxy groups -OCH3 is 1. The Kier molecular flexibility index (Phi) is 4.45. The molecular formula is C14H18N2O4. The van der Waals surface area contributed by atoms with E-state index < -0.39 is 12.0 Å². The summed E-state index contributed by atoms with van der Waals surface area (Å²) in [6.45, 7) is 0.792. The Labute approximate surface area is 117 Å². The van der Waals surface area contributed by atoms with E-state index in [4.69, 9.17) is 9.84 Å². The quantitative estimate of drug-likeness (QED) is 0.873. The first-order valence-electron chi connectivity index (χ1n) is 6.52. The van der Waals surface area contributed by atoms with Crippen molar-refractivity contribution in [3.63, 3.8) is 0 Å². The van der Waals surface area contributed by atoms with Crippen LogP contribution in [-0.2, 0) is 11.3 Å². The van der Waals surface area contributed by atoms with Crippen LogP contribution in [0, 0.1) is 0 Å². The number of carbonyl (C=O) groups excluding carboxylic acids is 1. The summed E-state index contributed by atoms with van der Waals surface area (Å²) in [6, 6.07) is 6.33.